The van der Waals surface area contributed by atoms with Crippen LogP contribution in [0.4, 0.5) is 0 Å². The average molecular weight is 322 g/mol. The van der Waals surface area contributed by atoms with Crippen LogP contribution in [0, 0.1) is 0 Å². The molecule has 0 aromatic heterocycles. The summed E-state index contributed by atoms with van der Waals surface area (Å²) in [5.74, 6) is 3.71. The van der Waals surface area contributed by atoms with Gasteiger partial charge >= 0.3 is 0 Å². The van der Waals surface area contributed by atoms with Gasteiger partial charge < -0.3 is 5.32 Å². The number of hydrogen-bond acceptors (Lipinski definition) is 3. The highest BCUT2D eigenvalue weighted by Crippen LogP contribution is 2.31. The maximum Gasteiger partial charge on any atom is 0.0453 e. The Hall–Kier alpha value is 0.460. The van der Waals surface area contributed by atoms with Crippen molar-refractivity contribution >= 4 is 46.7 Å². The van der Waals surface area contributed by atoms with Crippen molar-refractivity contribution in [3.05, 3.63) is 33.8 Å². The minimum absolute atomic E-state index is 0.431. The maximum absolute atomic E-state index is 6.25. The lowest BCUT2D eigenvalue weighted by Gasteiger charge is -2.29. The smallest absolute Gasteiger partial charge is 0.0453 e. The van der Waals surface area contributed by atoms with Crippen molar-refractivity contribution in [2.45, 2.75) is 17.7 Å². The minimum atomic E-state index is 0.431. The molecule has 5 heteroatoms. The van der Waals surface area contributed by atoms with E-state index in [1.165, 1.54) is 17.3 Å². The van der Waals surface area contributed by atoms with Crippen molar-refractivity contribution in [3.63, 3.8) is 0 Å². The number of rotatable bonds is 4. The van der Waals surface area contributed by atoms with E-state index in [1.807, 2.05) is 37.0 Å². The van der Waals surface area contributed by atoms with Crippen LogP contribution in [-0.4, -0.2) is 35.6 Å². The van der Waals surface area contributed by atoms with E-state index in [-0.39, 0.29) is 0 Å². The molecule has 1 N–H and O–H groups in total. The van der Waals surface area contributed by atoms with Gasteiger partial charge in [-0.2, -0.15) is 23.5 Å². The molecule has 1 aromatic carbocycles. The van der Waals surface area contributed by atoms with Gasteiger partial charge in [-0.25, -0.2) is 0 Å². The third-order valence-electron chi connectivity index (χ3n) is 3.15. The number of thioether (sulfide) groups is 2. The van der Waals surface area contributed by atoms with Crippen LogP contribution in [0.2, 0.25) is 10.0 Å². The zero-order valence-corrected chi connectivity index (χ0v) is 13.4. The van der Waals surface area contributed by atoms with Crippen LogP contribution in [0.1, 0.15) is 5.56 Å². The topological polar surface area (TPSA) is 12.0 Å². The summed E-state index contributed by atoms with van der Waals surface area (Å²) in [6.45, 7) is 0. The third kappa shape index (κ3) is 3.73. The summed E-state index contributed by atoms with van der Waals surface area (Å²) in [7, 11) is 2.02. The van der Waals surface area contributed by atoms with Gasteiger partial charge in [0.05, 0.1) is 0 Å². The second-order valence-corrected chi connectivity index (χ2v) is 7.59. The second-order valence-electron chi connectivity index (χ2n) is 4.28. The van der Waals surface area contributed by atoms with Crippen LogP contribution in [0.15, 0.2) is 18.2 Å². The lowest BCUT2D eigenvalue weighted by molar-refractivity contribution is 0.557. The molecule has 1 nitrogen and oxygen atoms in total. The molecule has 0 radical (unpaired) electrons. The largest absolute Gasteiger partial charge is 0.316 e. The number of halogens is 2. The maximum atomic E-state index is 6.25. The first-order valence-electron chi connectivity index (χ1n) is 6.02. The molecule has 1 heterocycles. The zero-order valence-electron chi connectivity index (χ0n) is 10.3. The van der Waals surface area contributed by atoms with Gasteiger partial charge in [-0.1, -0.05) is 29.3 Å². The fraction of sp³-hybridized carbons (Fsp3) is 0.538. The zero-order chi connectivity index (χ0) is 13.0. The normalized spacial score (nSPS) is 21.8. The molecular weight excluding hydrogens is 305 g/mol. The Morgan fingerprint density at radius 2 is 2.06 bits per heavy atom. The lowest BCUT2D eigenvalue weighted by Crippen LogP contribution is -2.40. The van der Waals surface area contributed by atoms with E-state index in [2.05, 4.69) is 17.1 Å². The van der Waals surface area contributed by atoms with Crippen molar-refractivity contribution in [1.29, 1.82) is 0 Å². The van der Waals surface area contributed by atoms with E-state index in [4.69, 9.17) is 23.2 Å². The summed E-state index contributed by atoms with van der Waals surface area (Å²) >= 11 is 16.6. The molecule has 18 heavy (non-hydrogen) atoms. The highest BCUT2D eigenvalue weighted by atomic mass is 35.5. The first-order valence-corrected chi connectivity index (χ1v) is 8.98. The first-order chi connectivity index (χ1) is 8.72. The molecule has 2 unspecified atom stereocenters. The summed E-state index contributed by atoms with van der Waals surface area (Å²) < 4.78 is 0. The van der Waals surface area contributed by atoms with Crippen LogP contribution in [0.25, 0.3) is 0 Å². The molecule has 100 valence electrons. The Labute approximate surface area is 127 Å². The highest BCUT2D eigenvalue weighted by Gasteiger charge is 2.24. The Morgan fingerprint density at radius 1 is 1.33 bits per heavy atom. The SMILES string of the molecule is CNC(Cc1c(Cl)cccc1Cl)C1CSCCS1. The predicted molar refractivity (Wildman–Crippen MR) is 86.6 cm³/mol. The molecule has 2 atom stereocenters. The van der Waals surface area contributed by atoms with Gasteiger partial charge in [-0.3, -0.25) is 0 Å². The van der Waals surface area contributed by atoms with Crippen LogP contribution in [0.5, 0.6) is 0 Å². The Kier molecular flexibility index (Phi) is 6.02. The van der Waals surface area contributed by atoms with Crippen molar-refractivity contribution in [1.82, 2.24) is 5.32 Å². The number of likely N-dealkylation sites (N-methyl/N-ethyl adjacent to an activating group) is 1. The Balaban J connectivity index is 2.09. The molecule has 0 aliphatic carbocycles. The van der Waals surface area contributed by atoms with Crippen molar-refractivity contribution in [3.8, 4) is 0 Å². The van der Waals surface area contributed by atoms with Gasteiger partial charge in [-0.15, -0.1) is 0 Å². The molecule has 1 fully saturated rings. The molecule has 0 saturated carbocycles. The van der Waals surface area contributed by atoms with Crippen LogP contribution >= 0.6 is 46.7 Å². The molecule has 1 aromatic rings. The van der Waals surface area contributed by atoms with Gasteiger partial charge in [0, 0.05) is 38.6 Å². The van der Waals surface area contributed by atoms with Crippen LogP contribution < -0.4 is 5.32 Å². The third-order valence-corrected chi connectivity index (χ3v) is 6.78. The molecule has 1 saturated heterocycles. The molecule has 0 amide bonds. The summed E-state index contributed by atoms with van der Waals surface area (Å²) in [5, 5.41) is 5.61. The van der Waals surface area contributed by atoms with Crippen molar-refractivity contribution < 1.29 is 0 Å². The first kappa shape index (κ1) is 14.9. The molecule has 2 rings (SSSR count). The summed E-state index contributed by atoms with van der Waals surface area (Å²) in [4.78, 5) is 0. The van der Waals surface area contributed by atoms with E-state index in [9.17, 15) is 0 Å². The highest BCUT2D eigenvalue weighted by molar-refractivity contribution is 8.06. The predicted octanol–water partition coefficient (Wildman–Crippen LogP) is 3.97. The standard InChI is InChI=1S/C13H17Cl2NS2/c1-16-12(13-8-17-5-6-18-13)7-9-10(14)3-2-4-11(9)15/h2-4,12-13,16H,5-8H2,1H3. The van der Waals surface area contributed by atoms with Gasteiger partial charge in [0.1, 0.15) is 0 Å². The van der Waals surface area contributed by atoms with E-state index in [1.54, 1.807) is 0 Å². The molecule has 0 spiro atoms. The summed E-state index contributed by atoms with van der Waals surface area (Å²) in [6, 6.07) is 6.16. The van der Waals surface area contributed by atoms with E-state index >= 15 is 0 Å². The Bertz CT molecular complexity index is 374. The lowest BCUT2D eigenvalue weighted by atomic mass is 10.0. The van der Waals surface area contributed by atoms with Gasteiger partial charge in [0.2, 0.25) is 0 Å². The molecular formula is C13H17Cl2NS2. The van der Waals surface area contributed by atoms with Crippen molar-refractivity contribution in [2.24, 2.45) is 0 Å². The van der Waals surface area contributed by atoms with Crippen LogP contribution in [0.3, 0.4) is 0 Å². The molecule has 1 aliphatic heterocycles. The molecule has 0 bridgehead atoms. The quantitative estimate of drug-likeness (QED) is 0.901. The van der Waals surface area contributed by atoms with E-state index in [0.29, 0.717) is 11.3 Å². The van der Waals surface area contributed by atoms with Crippen molar-refractivity contribution in [2.75, 3.05) is 24.3 Å². The fourth-order valence-electron chi connectivity index (χ4n) is 2.10. The Morgan fingerprint density at radius 3 is 2.61 bits per heavy atom. The van der Waals surface area contributed by atoms with Gasteiger partial charge in [0.15, 0.2) is 0 Å². The fourth-order valence-corrected chi connectivity index (χ4v) is 5.59. The van der Waals surface area contributed by atoms with E-state index in [0.717, 1.165) is 22.0 Å². The van der Waals surface area contributed by atoms with Gasteiger partial charge in [-0.05, 0) is 31.2 Å². The number of hydrogen-bond donors (Lipinski definition) is 1. The monoisotopic (exact) mass is 321 g/mol. The minimum Gasteiger partial charge on any atom is -0.316 e. The average Bonchev–Trinajstić information content (AvgIpc) is 2.40. The van der Waals surface area contributed by atoms with Crippen LogP contribution in [-0.2, 0) is 6.42 Å². The summed E-state index contributed by atoms with van der Waals surface area (Å²) in [6.07, 6.45) is 0.896. The number of nitrogens with one attached hydrogen (secondary N) is 1. The second kappa shape index (κ2) is 7.30. The van der Waals surface area contributed by atoms with Gasteiger partial charge in [0.25, 0.3) is 0 Å². The summed E-state index contributed by atoms with van der Waals surface area (Å²) in [5.41, 5.74) is 1.07. The molecule has 1 aliphatic rings. The number of benzene rings is 1. The van der Waals surface area contributed by atoms with E-state index < -0.39 is 0 Å².